The number of allylic oxidation sites excluding steroid dienone is 1. The van der Waals surface area contributed by atoms with Crippen LogP contribution in [-0.4, -0.2) is 40.4 Å². The number of ether oxygens (including phenoxy) is 4. The van der Waals surface area contributed by atoms with Gasteiger partial charge in [0.2, 0.25) is 0 Å². The van der Waals surface area contributed by atoms with Crippen molar-refractivity contribution < 1.29 is 28.5 Å². The van der Waals surface area contributed by atoms with E-state index in [-0.39, 0.29) is 0 Å². The minimum Gasteiger partial charge on any atom is -0.496 e. The van der Waals surface area contributed by atoms with Gasteiger partial charge in [-0.3, -0.25) is 0 Å². The minimum absolute atomic E-state index is 0.344. The van der Waals surface area contributed by atoms with E-state index in [1.54, 1.807) is 12.1 Å². The smallest absolute Gasteiger partial charge is 0.337 e. The second kappa shape index (κ2) is 9.16. The van der Waals surface area contributed by atoms with Gasteiger partial charge in [-0.25, -0.2) is 9.59 Å². The third-order valence-electron chi connectivity index (χ3n) is 4.39. The number of hydrogen-bond acceptors (Lipinski definition) is 6. The lowest BCUT2D eigenvalue weighted by Gasteiger charge is -2.30. The van der Waals surface area contributed by atoms with Gasteiger partial charge in [0.1, 0.15) is 5.75 Å². The SMILES string of the molecule is CCCCC1=C(C(=O)OC)C(c2cc(OC)c(OC)cc2OC)NC(=O)N1. The summed E-state index contributed by atoms with van der Waals surface area (Å²) in [7, 11) is 5.85. The first-order valence-corrected chi connectivity index (χ1v) is 8.69. The Labute approximate surface area is 158 Å². The first kappa shape index (κ1) is 20.4. The van der Waals surface area contributed by atoms with Gasteiger partial charge in [0.15, 0.2) is 11.5 Å². The van der Waals surface area contributed by atoms with Crippen molar-refractivity contribution in [2.45, 2.75) is 32.2 Å². The van der Waals surface area contributed by atoms with Crippen LogP contribution in [0, 0.1) is 0 Å². The molecule has 2 amide bonds. The molecule has 27 heavy (non-hydrogen) atoms. The Morgan fingerprint density at radius 2 is 1.67 bits per heavy atom. The number of esters is 1. The molecule has 0 spiro atoms. The van der Waals surface area contributed by atoms with Crippen molar-refractivity contribution in [2.75, 3.05) is 28.4 Å². The van der Waals surface area contributed by atoms with Gasteiger partial charge in [-0.05, 0) is 18.9 Å². The zero-order chi connectivity index (χ0) is 20.0. The largest absolute Gasteiger partial charge is 0.496 e. The van der Waals surface area contributed by atoms with Gasteiger partial charge in [-0.15, -0.1) is 0 Å². The molecule has 0 aromatic heterocycles. The van der Waals surface area contributed by atoms with E-state index in [0.29, 0.717) is 40.5 Å². The molecule has 1 aromatic rings. The Balaban J connectivity index is 2.65. The normalized spacial score (nSPS) is 16.3. The van der Waals surface area contributed by atoms with Crippen molar-refractivity contribution in [3.63, 3.8) is 0 Å². The van der Waals surface area contributed by atoms with Crippen LogP contribution in [0.25, 0.3) is 0 Å². The second-order valence-corrected chi connectivity index (χ2v) is 5.97. The summed E-state index contributed by atoms with van der Waals surface area (Å²) >= 11 is 0. The lowest BCUT2D eigenvalue weighted by Crippen LogP contribution is -2.46. The highest BCUT2D eigenvalue weighted by Crippen LogP contribution is 2.41. The number of amides is 2. The summed E-state index contributed by atoms with van der Waals surface area (Å²) in [4.78, 5) is 24.8. The minimum atomic E-state index is -0.743. The fourth-order valence-electron chi connectivity index (χ4n) is 3.03. The average molecular weight is 378 g/mol. The van der Waals surface area contributed by atoms with E-state index >= 15 is 0 Å². The van der Waals surface area contributed by atoms with E-state index in [1.165, 1.54) is 28.4 Å². The van der Waals surface area contributed by atoms with Gasteiger partial charge < -0.3 is 29.6 Å². The molecule has 0 fully saturated rings. The Bertz CT molecular complexity index is 744. The van der Waals surface area contributed by atoms with Gasteiger partial charge in [0.25, 0.3) is 0 Å². The summed E-state index contributed by atoms with van der Waals surface area (Å²) in [5.41, 5.74) is 1.46. The molecule has 1 aliphatic heterocycles. The Morgan fingerprint density at radius 1 is 1.04 bits per heavy atom. The van der Waals surface area contributed by atoms with Gasteiger partial charge in [-0.2, -0.15) is 0 Å². The summed E-state index contributed by atoms with van der Waals surface area (Å²) in [5, 5.41) is 5.52. The van der Waals surface area contributed by atoms with Crippen LogP contribution in [-0.2, 0) is 9.53 Å². The summed E-state index contributed by atoms with van der Waals surface area (Å²) in [6.07, 6.45) is 2.30. The molecule has 1 unspecified atom stereocenters. The number of hydrogen-bond donors (Lipinski definition) is 2. The molecule has 2 rings (SSSR count). The van der Waals surface area contributed by atoms with Gasteiger partial charge in [0, 0.05) is 17.3 Å². The van der Waals surface area contributed by atoms with E-state index in [2.05, 4.69) is 10.6 Å². The Hall–Kier alpha value is -2.90. The van der Waals surface area contributed by atoms with E-state index in [1.807, 2.05) is 6.92 Å². The molecule has 1 aromatic carbocycles. The van der Waals surface area contributed by atoms with Crippen LogP contribution >= 0.6 is 0 Å². The van der Waals surface area contributed by atoms with Crippen LogP contribution in [0.15, 0.2) is 23.4 Å². The molecule has 0 radical (unpaired) electrons. The quantitative estimate of drug-likeness (QED) is 0.676. The summed E-state index contributed by atoms with van der Waals surface area (Å²) in [6.45, 7) is 2.04. The molecule has 1 atom stereocenters. The molecule has 0 saturated heterocycles. The number of methoxy groups -OCH3 is 4. The summed E-state index contributed by atoms with van der Waals surface area (Å²) in [5.74, 6) is 0.875. The van der Waals surface area contributed by atoms with Crippen LogP contribution in [0.4, 0.5) is 4.79 Å². The topological polar surface area (TPSA) is 95.1 Å². The molecule has 0 aliphatic carbocycles. The number of rotatable bonds is 8. The van der Waals surface area contributed by atoms with Crippen molar-refractivity contribution in [3.05, 3.63) is 29.0 Å². The first-order chi connectivity index (χ1) is 13.0. The van der Waals surface area contributed by atoms with Gasteiger partial charge >= 0.3 is 12.0 Å². The van der Waals surface area contributed by atoms with Crippen molar-refractivity contribution >= 4 is 12.0 Å². The third-order valence-corrected chi connectivity index (χ3v) is 4.39. The van der Waals surface area contributed by atoms with Gasteiger partial charge in [0.05, 0.1) is 40.1 Å². The van der Waals surface area contributed by atoms with Crippen molar-refractivity contribution in [1.29, 1.82) is 0 Å². The molecule has 0 saturated carbocycles. The maximum absolute atomic E-state index is 12.5. The van der Waals surface area contributed by atoms with E-state index < -0.39 is 18.0 Å². The van der Waals surface area contributed by atoms with Gasteiger partial charge in [-0.1, -0.05) is 13.3 Å². The Kier molecular flexibility index (Phi) is 6.92. The maximum atomic E-state index is 12.5. The van der Waals surface area contributed by atoms with E-state index in [0.717, 1.165) is 12.8 Å². The first-order valence-electron chi connectivity index (χ1n) is 8.69. The molecular formula is C19H26N2O6. The molecule has 8 heteroatoms. The number of nitrogens with one attached hydrogen (secondary N) is 2. The number of carbonyl (C=O) groups excluding carboxylic acids is 2. The van der Waals surface area contributed by atoms with Crippen molar-refractivity contribution in [3.8, 4) is 17.2 Å². The third kappa shape index (κ3) is 4.27. The molecule has 1 heterocycles. The predicted octanol–water partition coefficient (Wildman–Crippen LogP) is 2.68. The van der Waals surface area contributed by atoms with Crippen LogP contribution in [0.3, 0.4) is 0 Å². The van der Waals surface area contributed by atoms with E-state index in [4.69, 9.17) is 18.9 Å². The highest BCUT2D eigenvalue weighted by molar-refractivity contribution is 5.95. The van der Waals surface area contributed by atoms with Crippen molar-refractivity contribution in [1.82, 2.24) is 10.6 Å². The maximum Gasteiger partial charge on any atom is 0.337 e. The average Bonchev–Trinajstić information content (AvgIpc) is 2.69. The summed E-state index contributed by atoms with van der Waals surface area (Å²) in [6, 6.07) is 2.21. The number of carbonyl (C=O) groups is 2. The monoisotopic (exact) mass is 378 g/mol. The molecule has 0 bridgehead atoms. The highest BCUT2D eigenvalue weighted by atomic mass is 16.5. The fourth-order valence-corrected chi connectivity index (χ4v) is 3.03. The van der Waals surface area contributed by atoms with Crippen LogP contribution in [0.1, 0.15) is 37.8 Å². The number of urea groups is 1. The second-order valence-electron chi connectivity index (χ2n) is 5.97. The number of unbranched alkanes of at least 4 members (excludes halogenated alkanes) is 1. The molecular weight excluding hydrogens is 352 g/mol. The summed E-state index contributed by atoms with van der Waals surface area (Å²) < 4.78 is 21.1. The van der Waals surface area contributed by atoms with Crippen LogP contribution in [0.2, 0.25) is 0 Å². The molecule has 8 nitrogen and oxygen atoms in total. The predicted molar refractivity (Wildman–Crippen MR) is 99.1 cm³/mol. The highest BCUT2D eigenvalue weighted by Gasteiger charge is 2.35. The fraction of sp³-hybridized carbons (Fsp3) is 0.474. The molecule has 2 N–H and O–H groups in total. The standard InChI is InChI=1S/C19H26N2O6/c1-6-7-8-12-16(18(22)27-5)17(21-19(23)20-12)11-9-14(25-3)15(26-4)10-13(11)24-2/h9-10,17H,6-8H2,1-5H3,(H2,20,21,23). The zero-order valence-corrected chi connectivity index (χ0v) is 16.3. The number of benzene rings is 1. The van der Waals surface area contributed by atoms with E-state index in [9.17, 15) is 9.59 Å². The van der Waals surface area contributed by atoms with Crippen LogP contribution in [0.5, 0.6) is 17.2 Å². The molecule has 1 aliphatic rings. The van der Waals surface area contributed by atoms with Crippen molar-refractivity contribution in [2.24, 2.45) is 0 Å². The Morgan fingerprint density at radius 3 is 2.22 bits per heavy atom. The van der Waals surface area contributed by atoms with Crippen LogP contribution < -0.4 is 24.8 Å². The lowest BCUT2D eigenvalue weighted by atomic mass is 9.92. The lowest BCUT2D eigenvalue weighted by molar-refractivity contribution is -0.136. The molecule has 148 valence electrons. The zero-order valence-electron chi connectivity index (χ0n) is 16.3.